The Balaban J connectivity index is 1.72. The summed E-state index contributed by atoms with van der Waals surface area (Å²) in [5.41, 5.74) is 0.418. The van der Waals surface area contributed by atoms with Crippen LogP contribution in [0, 0.1) is 0 Å². The van der Waals surface area contributed by atoms with Gasteiger partial charge in [0.2, 0.25) is 5.91 Å². The van der Waals surface area contributed by atoms with Crippen molar-refractivity contribution < 1.29 is 14.3 Å². The molecule has 7 heteroatoms. The molecule has 27 heavy (non-hydrogen) atoms. The normalized spacial score (nSPS) is 13.8. The maximum Gasteiger partial charge on any atom is 0.261 e. The Hall–Kier alpha value is -2.57. The highest BCUT2D eigenvalue weighted by atomic mass is 16.5. The zero-order chi connectivity index (χ0) is 19.6. The molecular weight excluding hydrogens is 346 g/mol. The molecule has 0 aliphatic heterocycles. The van der Waals surface area contributed by atoms with Crippen LogP contribution in [0.2, 0.25) is 0 Å². The molecule has 1 fully saturated rings. The minimum atomic E-state index is -0.142. The molecule has 1 aromatic carbocycles. The van der Waals surface area contributed by atoms with Crippen molar-refractivity contribution in [1.29, 1.82) is 0 Å². The van der Waals surface area contributed by atoms with E-state index in [1.165, 1.54) is 13.4 Å². The monoisotopic (exact) mass is 373 g/mol. The number of hydrogen-bond acceptors (Lipinski definition) is 5. The molecule has 2 aromatic rings. The quantitative estimate of drug-likeness (QED) is 0.711. The van der Waals surface area contributed by atoms with E-state index >= 15 is 0 Å². The number of rotatable bonds is 8. The molecule has 0 unspecified atom stereocenters. The van der Waals surface area contributed by atoms with E-state index in [1.54, 1.807) is 23.8 Å². The lowest BCUT2D eigenvalue weighted by molar-refractivity contribution is -0.133. The average Bonchev–Trinajstić information content (AvgIpc) is 3.47. The zero-order valence-electron chi connectivity index (χ0n) is 16.4. The van der Waals surface area contributed by atoms with Gasteiger partial charge in [-0.25, -0.2) is 4.98 Å². The number of fused-ring (bicyclic) bond motifs is 1. The van der Waals surface area contributed by atoms with Gasteiger partial charge >= 0.3 is 0 Å². The fraction of sp³-hybridized carbons (Fsp3) is 0.550. The van der Waals surface area contributed by atoms with Crippen LogP contribution in [0.25, 0.3) is 10.9 Å². The van der Waals surface area contributed by atoms with E-state index in [0.29, 0.717) is 47.8 Å². The highest BCUT2D eigenvalue weighted by Crippen LogP contribution is 2.30. The Kier molecular flexibility index (Phi) is 5.68. The van der Waals surface area contributed by atoms with E-state index in [0.717, 1.165) is 12.8 Å². The first kappa shape index (κ1) is 19.2. The van der Waals surface area contributed by atoms with Crippen molar-refractivity contribution in [2.75, 3.05) is 14.2 Å². The minimum Gasteiger partial charge on any atom is -0.493 e. The van der Waals surface area contributed by atoms with Crippen LogP contribution in [0.5, 0.6) is 11.5 Å². The summed E-state index contributed by atoms with van der Waals surface area (Å²) in [6.45, 7) is 4.56. The summed E-state index contributed by atoms with van der Waals surface area (Å²) >= 11 is 0. The summed E-state index contributed by atoms with van der Waals surface area (Å²) in [6.07, 6.45) is 4.77. The number of hydrogen-bond donors (Lipinski definition) is 0. The molecular formula is C20H27N3O4. The van der Waals surface area contributed by atoms with E-state index in [2.05, 4.69) is 18.8 Å². The average molecular weight is 373 g/mol. The predicted octanol–water partition coefficient (Wildman–Crippen LogP) is 2.59. The summed E-state index contributed by atoms with van der Waals surface area (Å²) < 4.78 is 12.1. The molecule has 1 aliphatic carbocycles. The van der Waals surface area contributed by atoms with Crippen LogP contribution in [-0.2, 0) is 11.3 Å². The molecule has 1 aliphatic rings. The molecule has 0 N–H and O–H groups in total. The van der Waals surface area contributed by atoms with Gasteiger partial charge in [-0.2, -0.15) is 0 Å². The van der Waals surface area contributed by atoms with Gasteiger partial charge in [-0.05, 0) is 39.2 Å². The van der Waals surface area contributed by atoms with Gasteiger partial charge in [0.25, 0.3) is 5.56 Å². The third-order valence-corrected chi connectivity index (χ3v) is 4.90. The minimum absolute atomic E-state index is 0.142. The number of ether oxygens (including phenoxy) is 2. The number of benzene rings is 1. The van der Waals surface area contributed by atoms with Crippen LogP contribution in [-0.4, -0.2) is 46.7 Å². The van der Waals surface area contributed by atoms with Crippen molar-refractivity contribution in [2.24, 2.45) is 0 Å². The molecule has 1 aromatic heterocycles. The second-order valence-corrected chi connectivity index (χ2v) is 7.20. The summed E-state index contributed by atoms with van der Waals surface area (Å²) in [7, 11) is 3.08. The zero-order valence-corrected chi connectivity index (χ0v) is 16.4. The largest absolute Gasteiger partial charge is 0.493 e. The summed E-state index contributed by atoms with van der Waals surface area (Å²) in [4.78, 5) is 31.6. The summed E-state index contributed by atoms with van der Waals surface area (Å²) in [5, 5.41) is 0.475. The first-order valence-electron chi connectivity index (χ1n) is 9.38. The van der Waals surface area contributed by atoms with Crippen LogP contribution in [0.15, 0.2) is 23.3 Å². The van der Waals surface area contributed by atoms with Crippen LogP contribution >= 0.6 is 0 Å². The lowest BCUT2D eigenvalue weighted by Crippen LogP contribution is -2.38. The number of nitrogens with zero attached hydrogens (tertiary/aromatic N) is 3. The standard InChI is InChI=1S/C20H27N3O4/c1-13(2)23(14-7-8-14)19(24)6-5-9-22-12-21-16-11-18(27-4)17(26-3)10-15(16)20(22)25/h10-14H,5-9H2,1-4H3. The lowest BCUT2D eigenvalue weighted by Gasteiger charge is -2.26. The Morgan fingerprint density at radius 3 is 2.52 bits per heavy atom. The maximum atomic E-state index is 12.8. The van der Waals surface area contributed by atoms with E-state index < -0.39 is 0 Å². The molecule has 0 radical (unpaired) electrons. The Morgan fingerprint density at radius 1 is 1.26 bits per heavy atom. The Bertz CT molecular complexity index is 885. The van der Waals surface area contributed by atoms with Crippen molar-refractivity contribution in [3.63, 3.8) is 0 Å². The van der Waals surface area contributed by atoms with E-state index in [-0.39, 0.29) is 17.5 Å². The van der Waals surface area contributed by atoms with Gasteiger partial charge in [0, 0.05) is 31.1 Å². The van der Waals surface area contributed by atoms with Gasteiger partial charge in [-0.3, -0.25) is 14.2 Å². The molecule has 146 valence electrons. The highest BCUT2D eigenvalue weighted by Gasteiger charge is 2.33. The maximum absolute atomic E-state index is 12.8. The van der Waals surface area contributed by atoms with Gasteiger partial charge < -0.3 is 14.4 Å². The molecule has 0 saturated heterocycles. The van der Waals surface area contributed by atoms with E-state index in [4.69, 9.17) is 9.47 Å². The summed E-state index contributed by atoms with van der Waals surface area (Å²) in [6, 6.07) is 3.97. The molecule has 1 heterocycles. The van der Waals surface area contributed by atoms with E-state index in [1.807, 2.05) is 4.90 Å². The molecule has 0 bridgehead atoms. The van der Waals surface area contributed by atoms with Crippen molar-refractivity contribution in [1.82, 2.24) is 14.5 Å². The molecule has 3 rings (SSSR count). The smallest absolute Gasteiger partial charge is 0.261 e. The Morgan fingerprint density at radius 2 is 1.93 bits per heavy atom. The van der Waals surface area contributed by atoms with Crippen molar-refractivity contribution in [2.45, 2.75) is 58.2 Å². The molecule has 0 atom stereocenters. The number of aromatic nitrogens is 2. The molecule has 0 spiro atoms. The van der Waals surface area contributed by atoms with Crippen molar-refractivity contribution >= 4 is 16.8 Å². The predicted molar refractivity (Wildman–Crippen MR) is 103 cm³/mol. The third kappa shape index (κ3) is 4.07. The third-order valence-electron chi connectivity index (χ3n) is 4.90. The van der Waals surface area contributed by atoms with Crippen molar-refractivity contribution in [3.05, 3.63) is 28.8 Å². The van der Waals surface area contributed by atoms with Gasteiger partial charge in [-0.15, -0.1) is 0 Å². The number of methoxy groups -OCH3 is 2. The van der Waals surface area contributed by atoms with Gasteiger partial charge in [0.05, 0.1) is 31.4 Å². The molecule has 1 saturated carbocycles. The lowest BCUT2D eigenvalue weighted by atomic mass is 10.2. The number of carbonyl (C=O) groups excluding carboxylic acids is 1. The second-order valence-electron chi connectivity index (χ2n) is 7.20. The first-order chi connectivity index (χ1) is 13.0. The van der Waals surface area contributed by atoms with Gasteiger partial charge in [0.15, 0.2) is 11.5 Å². The number of aryl methyl sites for hydroxylation is 1. The number of amides is 1. The fourth-order valence-corrected chi connectivity index (χ4v) is 3.44. The molecule has 7 nitrogen and oxygen atoms in total. The van der Waals surface area contributed by atoms with Crippen LogP contribution in [0.3, 0.4) is 0 Å². The summed E-state index contributed by atoms with van der Waals surface area (Å²) in [5.74, 6) is 1.20. The van der Waals surface area contributed by atoms with Crippen LogP contribution in [0.4, 0.5) is 0 Å². The highest BCUT2D eigenvalue weighted by molar-refractivity contribution is 5.81. The van der Waals surface area contributed by atoms with Crippen LogP contribution < -0.4 is 15.0 Å². The van der Waals surface area contributed by atoms with E-state index in [9.17, 15) is 9.59 Å². The SMILES string of the molecule is COc1cc2ncn(CCCC(=O)N(C(C)C)C3CC3)c(=O)c2cc1OC. The van der Waals surface area contributed by atoms with Gasteiger partial charge in [0.1, 0.15) is 0 Å². The van der Waals surface area contributed by atoms with Gasteiger partial charge in [-0.1, -0.05) is 0 Å². The Labute approximate surface area is 158 Å². The first-order valence-corrected chi connectivity index (χ1v) is 9.38. The molecule has 1 amide bonds. The second kappa shape index (κ2) is 7.98. The van der Waals surface area contributed by atoms with Crippen molar-refractivity contribution in [3.8, 4) is 11.5 Å². The fourth-order valence-electron chi connectivity index (χ4n) is 3.44. The van der Waals surface area contributed by atoms with Crippen LogP contribution in [0.1, 0.15) is 39.5 Å². The topological polar surface area (TPSA) is 73.7 Å². The number of carbonyl (C=O) groups is 1.